The number of benzene rings is 1. The van der Waals surface area contributed by atoms with Gasteiger partial charge in [-0.05, 0) is 31.4 Å². The molecule has 8 heteroatoms. The highest BCUT2D eigenvalue weighted by atomic mass is 16.5. The molecule has 4 heterocycles. The van der Waals surface area contributed by atoms with Gasteiger partial charge in [-0.2, -0.15) is 0 Å². The molecule has 2 fully saturated rings. The summed E-state index contributed by atoms with van der Waals surface area (Å²) in [5, 5.41) is 3.44. The van der Waals surface area contributed by atoms with Crippen molar-refractivity contribution in [2.24, 2.45) is 5.41 Å². The van der Waals surface area contributed by atoms with Gasteiger partial charge in [0.1, 0.15) is 11.3 Å². The largest absolute Gasteiger partial charge is 0.383 e. The van der Waals surface area contributed by atoms with E-state index in [4.69, 9.17) is 19.4 Å². The van der Waals surface area contributed by atoms with Gasteiger partial charge in [-0.1, -0.05) is 37.3 Å². The Labute approximate surface area is 195 Å². The molecule has 0 spiro atoms. The van der Waals surface area contributed by atoms with Crippen LogP contribution in [0.2, 0.25) is 0 Å². The summed E-state index contributed by atoms with van der Waals surface area (Å²) in [5.74, 6) is 1.68. The Bertz CT molecular complexity index is 1060. The number of hydrogen-bond donors (Lipinski definition) is 1. The van der Waals surface area contributed by atoms with Crippen LogP contribution in [0.3, 0.4) is 0 Å². The molecule has 2 aromatic heterocycles. The number of aromatic nitrogens is 4. The number of anilines is 1. The highest BCUT2D eigenvalue weighted by Crippen LogP contribution is 2.39. The molecule has 0 radical (unpaired) electrons. The molecule has 0 saturated carbocycles. The van der Waals surface area contributed by atoms with Gasteiger partial charge >= 0.3 is 0 Å². The van der Waals surface area contributed by atoms with Crippen LogP contribution in [0.1, 0.15) is 43.6 Å². The lowest BCUT2D eigenvalue weighted by atomic mass is 9.82. The molecule has 0 amide bonds. The van der Waals surface area contributed by atoms with E-state index in [9.17, 15) is 0 Å². The van der Waals surface area contributed by atoms with Crippen LogP contribution in [-0.2, 0) is 16.0 Å². The minimum Gasteiger partial charge on any atom is -0.383 e. The topological polar surface area (TPSA) is 77.3 Å². The first-order valence-corrected chi connectivity index (χ1v) is 12.0. The van der Waals surface area contributed by atoms with Crippen molar-refractivity contribution in [1.82, 2.24) is 24.4 Å². The maximum absolute atomic E-state index is 5.58. The molecule has 2 aliphatic rings. The molecule has 1 N–H and O–H groups in total. The molecular formula is C25H34N6O2. The molecule has 2 aliphatic heterocycles. The highest BCUT2D eigenvalue weighted by molar-refractivity contribution is 5.83. The third-order valence-electron chi connectivity index (χ3n) is 7.04. The number of imidazole rings is 1. The fourth-order valence-corrected chi connectivity index (χ4v) is 4.94. The fourth-order valence-electron chi connectivity index (χ4n) is 4.94. The van der Waals surface area contributed by atoms with Crippen molar-refractivity contribution >= 4 is 17.0 Å². The zero-order valence-corrected chi connectivity index (χ0v) is 19.7. The van der Waals surface area contributed by atoms with Crippen LogP contribution >= 0.6 is 0 Å². The number of ether oxygens (including phenoxy) is 2. The molecule has 0 bridgehead atoms. The van der Waals surface area contributed by atoms with Crippen molar-refractivity contribution in [2.75, 3.05) is 51.9 Å². The number of rotatable bonds is 10. The third-order valence-corrected chi connectivity index (χ3v) is 7.04. The Hall–Kier alpha value is -2.55. The molecule has 8 nitrogen and oxygen atoms in total. The maximum atomic E-state index is 5.58. The minimum absolute atomic E-state index is 0.224. The van der Waals surface area contributed by atoms with Crippen LogP contribution < -0.4 is 5.32 Å². The van der Waals surface area contributed by atoms with Gasteiger partial charge < -0.3 is 19.4 Å². The molecule has 5 rings (SSSR count). The maximum Gasteiger partial charge on any atom is 0.166 e. The Balaban J connectivity index is 1.48. The van der Waals surface area contributed by atoms with Crippen LogP contribution in [0.4, 0.5) is 5.82 Å². The van der Waals surface area contributed by atoms with E-state index in [0.29, 0.717) is 13.2 Å². The predicted octanol–water partition coefficient (Wildman–Crippen LogP) is 3.50. The first kappa shape index (κ1) is 22.3. The van der Waals surface area contributed by atoms with Gasteiger partial charge in [0.2, 0.25) is 0 Å². The molecule has 1 aromatic carbocycles. The monoisotopic (exact) mass is 450 g/mol. The van der Waals surface area contributed by atoms with Gasteiger partial charge in [0.25, 0.3) is 0 Å². The summed E-state index contributed by atoms with van der Waals surface area (Å²) in [4.78, 5) is 17.3. The first-order chi connectivity index (χ1) is 16.2. The second kappa shape index (κ2) is 9.75. The van der Waals surface area contributed by atoms with Crippen LogP contribution in [0, 0.1) is 5.41 Å². The normalized spacial score (nSPS) is 20.2. The standard InChI is InChI=1S/C25H34N6O2/c1-3-25(16-33-17-25)15-30-12-7-10-20(30)22-28-23(26-11-13-32-2)21-24(29-22)31(18-27-21)14-19-8-5-4-6-9-19/h4-6,8-9,18,20H,3,7,10-17H2,1-2H3,(H,26,28,29). The average molecular weight is 451 g/mol. The van der Waals surface area contributed by atoms with Crippen molar-refractivity contribution in [3.63, 3.8) is 0 Å². The Morgan fingerprint density at radius 2 is 2.06 bits per heavy atom. The summed E-state index contributed by atoms with van der Waals surface area (Å²) in [6.45, 7) is 8.15. The number of fused-ring (bicyclic) bond motifs is 1. The minimum atomic E-state index is 0.224. The predicted molar refractivity (Wildman–Crippen MR) is 128 cm³/mol. The van der Waals surface area contributed by atoms with Crippen molar-refractivity contribution in [2.45, 2.75) is 38.8 Å². The molecule has 3 aromatic rings. The van der Waals surface area contributed by atoms with E-state index in [-0.39, 0.29) is 11.5 Å². The van der Waals surface area contributed by atoms with E-state index in [2.05, 4.69) is 51.0 Å². The quantitative estimate of drug-likeness (QED) is 0.474. The van der Waals surface area contributed by atoms with Crippen LogP contribution in [-0.4, -0.2) is 71.0 Å². The second-order valence-corrected chi connectivity index (χ2v) is 9.36. The van der Waals surface area contributed by atoms with E-state index in [0.717, 1.165) is 68.5 Å². The van der Waals surface area contributed by atoms with E-state index < -0.39 is 0 Å². The van der Waals surface area contributed by atoms with Gasteiger partial charge in [-0.25, -0.2) is 15.0 Å². The Kier molecular flexibility index (Phi) is 6.57. The Morgan fingerprint density at radius 1 is 1.21 bits per heavy atom. The first-order valence-electron chi connectivity index (χ1n) is 12.0. The summed E-state index contributed by atoms with van der Waals surface area (Å²) >= 11 is 0. The van der Waals surface area contributed by atoms with E-state index in [1.165, 1.54) is 12.0 Å². The summed E-state index contributed by atoms with van der Waals surface area (Å²) in [6, 6.07) is 10.7. The molecular weight excluding hydrogens is 416 g/mol. The van der Waals surface area contributed by atoms with Gasteiger partial charge in [0.05, 0.1) is 38.7 Å². The second-order valence-electron chi connectivity index (χ2n) is 9.36. The number of hydrogen-bond acceptors (Lipinski definition) is 7. The zero-order chi connectivity index (χ0) is 22.7. The Morgan fingerprint density at radius 3 is 2.79 bits per heavy atom. The molecule has 2 saturated heterocycles. The third kappa shape index (κ3) is 4.60. The number of likely N-dealkylation sites (tertiary alicyclic amines) is 1. The summed E-state index contributed by atoms with van der Waals surface area (Å²) in [5.41, 5.74) is 3.20. The highest BCUT2D eigenvalue weighted by Gasteiger charge is 2.41. The average Bonchev–Trinajstić information content (AvgIpc) is 3.44. The van der Waals surface area contributed by atoms with Crippen molar-refractivity contribution in [1.29, 1.82) is 0 Å². The van der Waals surface area contributed by atoms with Crippen LogP contribution in [0.5, 0.6) is 0 Å². The van der Waals surface area contributed by atoms with Crippen LogP contribution in [0.25, 0.3) is 11.2 Å². The smallest absolute Gasteiger partial charge is 0.166 e. The lowest BCUT2D eigenvalue weighted by Crippen LogP contribution is -2.50. The van der Waals surface area contributed by atoms with Crippen molar-refractivity contribution in [3.8, 4) is 0 Å². The molecule has 33 heavy (non-hydrogen) atoms. The molecule has 1 unspecified atom stereocenters. The number of nitrogens with zero attached hydrogens (tertiary/aromatic N) is 5. The lowest BCUT2D eigenvalue weighted by molar-refractivity contribution is -0.129. The van der Waals surface area contributed by atoms with Gasteiger partial charge in [-0.15, -0.1) is 0 Å². The number of methoxy groups -OCH3 is 1. The van der Waals surface area contributed by atoms with Gasteiger partial charge in [0.15, 0.2) is 11.5 Å². The van der Waals surface area contributed by atoms with Gasteiger partial charge in [-0.3, -0.25) is 4.90 Å². The van der Waals surface area contributed by atoms with Crippen molar-refractivity contribution in [3.05, 3.63) is 48.0 Å². The number of nitrogens with one attached hydrogen (secondary N) is 1. The molecule has 176 valence electrons. The molecule has 0 aliphatic carbocycles. The summed E-state index contributed by atoms with van der Waals surface area (Å²) in [7, 11) is 1.71. The van der Waals surface area contributed by atoms with Gasteiger partial charge in [0, 0.05) is 25.6 Å². The summed E-state index contributed by atoms with van der Waals surface area (Å²) in [6.07, 6.45) is 5.27. The SMILES string of the molecule is CCC1(CN2CCCC2c2nc(NCCOC)c3ncn(Cc4ccccc4)c3n2)COC1. The van der Waals surface area contributed by atoms with E-state index in [1.54, 1.807) is 7.11 Å². The lowest BCUT2D eigenvalue weighted by Gasteiger charge is -2.44. The van der Waals surface area contributed by atoms with E-state index in [1.807, 2.05) is 12.4 Å². The van der Waals surface area contributed by atoms with E-state index >= 15 is 0 Å². The summed E-state index contributed by atoms with van der Waals surface area (Å²) < 4.78 is 13.0. The fraction of sp³-hybridized carbons (Fsp3) is 0.560. The van der Waals surface area contributed by atoms with Crippen LogP contribution in [0.15, 0.2) is 36.7 Å². The van der Waals surface area contributed by atoms with Crippen molar-refractivity contribution < 1.29 is 9.47 Å². The zero-order valence-electron chi connectivity index (χ0n) is 19.7. The molecule has 1 atom stereocenters.